The van der Waals surface area contributed by atoms with Gasteiger partial charge in [-0.1, -0.05) is 30.3 Å². The fourth-order valence-corrected chi connectivity index (χ4v) is 4.97. The minimum absolute atomic E-state index is 0.00811. The Bertz CT molecular complexity index is 898. The number of carbonyl (C=O) groups excluding carboxylic acids is 1. The monoisotopic (exact) mass is 389 g/mol. The summed E-state index contributed by atoms with van der Waals surface area (Å²) < 4.78 is 28.7. The molecule has 1 aliphatic rings. The van der Waals surface area contributed by atoms with Crippen molar-refractivity contribution < 1.29 is 13.2 Å². The summed E-state index contributed by atoms with van der Waals surface area (Å²) in [5.74, 6) is -0.167. The number of nitrogens with zero attached hydrogens (tertiary/aromatic N) is 3. The summed E-state index contributed by atoms with van der Waals surface area (Å²) in [6.45, 7) is 5.51. The van der Waals surface area contributed by atoms with Crippen molar-refractivity contribution in [2.75, 3.05) is 13.1 Å². The van der Waals surface area contributed by atoms with E-state index >= 15 is 0 Å². The summed E-state index contributed by atoms with van der Waals surface area (Å²) in [5, 5.41) is 0. The molecule has 3 rings (SSSR count). The van der Waals surface area contributed by atoms with E-state index in [9.17, 15) is 13.2 Å². The van der Waals surface area contributed by atoms with Gasteiger partial charge in [0.1, 0.15) is 10.6 Å². The molecule has 1 amide bonds. The highest BCUT2D eigenvalue weighted by Crippen LogP contribution is 2.24. The highest BCUT2D eigenvalue weighted by atomic mass is 32.2. The van der Waals surface area contributed by atoms with Crippen LogP contribution in [-0.4, -0.2) is 47.2 Å². The van der Waals surface area contributed by atoms with Crippen molar-refractivity contribution in [1.29, 1.82) is 0 Å². The number of rotatable bonds is 6. The minimum atomic E-state index is -3.54. The van der Waals surface area contributed by atoms with Gasteiger partial charge in [-0.05, 0) is 38.3 Å². The Morgan fingerprint density at radius 2 is 1.78 bits per heavy atom. The van der Waals surface area contributed by atoms with E-state index in [0.717, 1.165) is 18.4 Å². The summed E-state index contributed by atoms with van der Waals surface area (Å²) in [6.07, 6.45) is 3.31. The lowest BCUT2D eigenvalue weighted by atomic mass is 10.1. The van der Waals surface area contributed by atoms with Crippen molar-refractivity contribution in [3.8, 4) is 0 Å². The molecule has 1 saturated heterocycles. The molecule has 1 aromatic heterocycles. The molecule has 27 heavy (non-hydrogen) atoms. The van der Waals surface area contributed by atoms with Gasteiger partial charge >= 0.3 is 0 Å². The number of hydrogen-bond acceptors (Lipinski definition) is 3. The maximum atomic E-state index is 13.2. The molecule has 1 fully saturated rings. The van der Waals surface area contributed by atoms with Gasteiger partial charge in [-0.25, -0.2) is 8.42 Å². The Balaban J connectivity index is 1.88. The van der Waals surface area contributed by atoms with Crippen molar-refractivity contribution in [1.82, 2.24) is 13.8 Å². The van der Waals surface area contributed by atoms with Crippen LogP contribution in [0.1, 0.15) is 42.7 Å². The number of aromatic nitrogens is 1. The molecule has 0 bridgehead atoms. The maximum Gasteiger partial charge on any atom is 0.271 e. The van der Waals surface area contributed by atoms with Crippen molar-refractivity contribution in [3.63, 3.8) is 0 Å². The van der Waals surface area contributed by atoms with Gasteiger partial charge in [-0.3, -0.25) is 4.79 Å². The summed E-state index contributed by atoms with van der Waals surface area (Å²) >= 11 is 0. The lowest BCUT2D eigenvalue weighted by molar-refractivity contribution is 0.0680. The molecule has 1 aromatic carbocycles. The van der Waals surface area contributed by atoms with Crippen molar-refractivity contribution >= 4 is 15.9 Å². The van der Waals surface area contributed by atoms with Crippen LogP contribution in [0.3, 0.4) is 0 Å². The molecule has 7 heteroatoms. The number of hydrogen-bond donors (Lipinski definition) is 0. The summed E-state index contributed by atoms with van der Waals surface area (Å²) in [4.78, 5) is 15.1. The van der Waals surface area contributed by atoms with Crippen molar-refractivity contribution in [2.24, 2.45) is 7.05 Å². The fraction of sp³-hybridized carbons (Fsp3) is 0.450. The van der Waals surface area contributed by atoms with Crippen LogP contribution < -0.4 is 0 Å². The average Bonchev–Trinajstić information content (AvgIpc) is 3.30. The second kappa shape index (κ2) is 7.86. The minimum Gasteiger partial charge on any atom is -0.345 e. The van der Waals surface area contributed by atoms with Gasteiger partial charge in [0.05, 0.1) is 0 Å². The van der Waals surface area contributed by atoms with Crippen molar-refractivity contribution in [2.45, 2.75) is 44.2 Å². The molecule has 0 atom stereocenters. The Morgan fingerprint density at radius 3 is 2.37 bits per heavy atom. The zero-order chi connectivity index (χ0) is 19.6. The normalized spacial score (nSPS) is 15.4. The molecule has 2 aromatic rings. The average molecular weight is 390 g/mol. The van der Waals surface area contributed by atoms with Gasteiger partial charge in [-0.2, -0.15) is 4.31 Å². The van der Waals surface area contributed by atoms with Crippen LogP contribution in [0.15, 0.2) is 47.5 Å². The van der Waals surface area contributed by atoms with Crippen LogP contribution in [0.25, 0.3) is 0 Å². The molecular weight excluding hydrogens is 362 g/mol. The Labute approximate surface area is 161 Å². The number of aryl methyl sites for hydroxylation is 1. The summed E-state index contributed by atoms with van der Waals surface area (Å²) in [6, 6.07) is 11.3. The predicted octanol–water partition coefficient (Wildman–Crippen LogP) is 2.86. The SMILES string of the molecule is CC(C)N(Cc1ccccc1)C(=O)c1cc(S(=O)(=O)N2CCCC2)cn1C. The van der Waals surface area contributed by atoms with Gasteiger partial charge in [0, 0.05) is 38.9 Å². The second-order valence-electron chi connectivity index (χ2n) is 7.30. The smallest absolute Gasteiger partial charge is 0.271 e. The van der Waals surface area contributed by atoms with E-state index in [1.807, 2.05) is 44.2 Å². The van der Waals surface area contributed by atoms with Crippen LogP contribution in [-0.2, 0) is 23.6 Å². The van der Waals surface area contributed by atoms with Crippen LogP contribution in [0, 0.1) is 0 Å². The molecular formula is C20H27N3O3S. The maximum absolute atomic E-state index is 13.2. The number of carbonyl (C=O) groups is 1. The standard InChI is InChI=1S/C20H27N3O3S/c1-16(2)23(14-17-9-5-4-6-10-17)20(24)19-13-18(15-21(19)3)27(25,26)22-11-7-8-12-22/h4-6,9-10,13,15-16H,7-8,11-12,14H2,1-3H3. The van der Waals surface area contributed by atoms with E-state index in [4.69, 9.17) is 0 Å². The second-order valence-corrected chi connectivity index (χ2v) is 9.23. The molecule has 2 heterocycles. The first-order chi connectivity index (χ1) is 12.8. The Kier molecular flexibility index (Phi) is 5.72. The molecule has 146 valence electrons. The van der Waals surface area contributed by atoms with Gasteiger partial charge in [0.25, 0.3) is 5.91 Å². The number of benzene rings is 1. The third-order valence-electron chi connectivity index (χ3n) is 4.98. The largest absolute Gasteiger partial charge is 0.345 e. The van der Waals surface area contributed by atoms with Gasteiger partial charge in [0.2, 0.25) is 10.0 Å². The molecule has 0 saturated carbocycles. The number of sulfonamides is 1. The fourth-order valence-electron chi connectivity index (χ4n) is 3.38. The van der Waals surface area contributed by atoms with Gasteiger partial charge in [-0.15, -0.1) is 0 Å². The lowest BCUT2D eigenvalue weighted by Crippen LogP contribution is -2.37. The van der Waals surface area contributed by atoms with E-state index in [-0.39, 0.29) is 16.8 Å². The number of amides is 1. The first kappa shape index (κ1) is 19.6. The van der Waals surface area contributed by atoms with E-state index < -0.39 is 10.0 Å². The topological polar surface area (TPSA) is 62.6 Å². The van der Waals surface area contributed by atoms with Gasteiger partial charge < -0.3 is 9.47 Å². The zero-order valence-electron chi connectivity index (χ0n) is 16.1. The lowest BCUT2D eigenvalue weighted by Gasteiger charge is -2.27. The zero-order valence-corrected chi connectivity index (χ0v) is 16.9. The molecule has 1 aliphatic heterocycles. The van der Waals surface area contributed by atoms with E-state index in [1.165, 1.54) is 10.4 Å². The first-order valence-electron chi connectivity index (χ1n) is 9.32. The first-order valence-corrected chi connectivity index (χ1v) is 10.8. The van der Waals surface area contributed by atoms with Crippen LogP contribution in [0.2, 0.25) is 0 Å². The highest BCUT2D eigenvalue weighted by Gasteiger charge is 2.30. The molecule has 0 spiro atoms. The predicted molar refractivity (Wildman–Crippen MR) is 105 cm³/mol. The molecule has 0 N–H and O–H groups in total. The highest BCUT2D eigenvalue weighted by molar-refractivity contribution is 7.89. The summed E-state index contributed by atoms with van der Waals surface area (Å²) in [5.41, 5.74) is 1.43. The Hall–Kier alpha value is -2.12. The van der Waals surface area contributed by atoms with E-state index in [2.05, 4.69) is 0 Å². The van der Waals surface area contributed by atoms with Crippen LogP contribution >= 0.6 is 0 Å². The molecule has 0 radical (unpaired) electrons. The van der Waals surface area contributed by atoms with Crippen LogP contribution in [0.4, 0.5) is 0 Å². The van der Waals surface area contributed by atoms with Gasteiger partial charge in [0.15, 0.2) is 0 Å². The quantitative estimate of drug-likeness (QED) is 0.763. The van der Waals surface area contributed by atoms with Crippen LogP contribution in [0.5, 0.6) is 0 Å². The molecule has 0 unspecified atom stereocenters. The summed E-state index contributed by atoms with van der Waals surface area (Å²) in [7, 11) is -1.82. The van der Waals surface area contributed by atoms with E-state index in [0.29, 0.717) is 25.3 Å². The third-order valence-corrected chi connectivity index (χ3v) is 6.85. The molecule has 6 nitrogen and oxygen atoms in total. The van der Waals surface area contributed by atoms with Crippen molar-refractivity contribution in [3.05, 3.63) is 53.9 Å². The Morgan fingerprint density at radius 1 is 1.15 bits per heavy atom. The molecule has 0 aliphatic carbocycles. The van der Waals surface area contributed by atoms with E-state index in [1.54, 1.807) is 22.7 Å². The third kappa shape index (κ3) is 4.09.